The van der Waals surface area contributed by atoms with Crippen LogP contribution in [0.15, 0.2) is 45.8 Å². The number of aryl methyl sites for hydroxylation is 3. The second-order valence-corrected chi connectivity index (χ2v) is 6.10. The van der Waals surface area contributed by atoms with Gasteiger partial charge in [0.2, 0.25) is 5.91 Å². The molecule has 0 aliphatic rings. The van der Waals surface area contributed by atoms with Gasteiger partial charge in [-0.05, 0) is 43.2 Å². The Hall–Kier alpha value is -3.22. The summed E-state index contributed by atoms with van der Waals surface area (Å²) in [5, 5.41) is 6.65. The van der Waals surface area contributed by atoms with Crippen molar-refractivity contribution in [2.24, 2.45) is 0 Å². The lowest BCUT2D eigenvalue weighted by Gasteiger charge is -2.09. The van der Waals surface area contributed by atoms with Gasteiger partial charge >= 0.3 is 0 Å². The number of nitrogens with zero attached hydrogens (tertiary/aromatic N) is 3. The molecule has 7 heteroatoms. The van der Waals surface area contributed by atoms with Crippen LogP contribution in [-0.2, 0) is 17.8 Å². The molecule has 0 saturated carbocycles. The minimum Gasteiger partial charge on any atom is -0.334 e. The molecule has 0 saturated heterocycles. The average Bonchev–Trinajstić information content (AvgIpc) is 3.09. The number of carbonyl (C=O) groups excluding carboxylic acids is 1. The Kier molecular flexibility index (Phi) is 4.97. The average molecular weight is 352 g/mol. The minimum atomic E-state index is -0.285. The Labute approximate surface area is 150 Å². The molecule has 0 spiro atoms. The maximum atomic E-state index is 12.3. The van der Waals surface area contributed by atoms with E-state index in [0.29, 0.717) is 29.4 Å². The van der Waals surface area contributed by atoms with Crippen LogP contribution in [0.25, 0.3) is 11.5 Å². The quantitative estimate of drug-likeness (QED) is 0.762. The lowest BCUT2D eigenvalue weighted by atomic mass is 10.1. The Morgan fingerprint density at radius 1 is 1.19 bits per heavy atom. The molecule has 1 N–H and O–H groups in total. The van der Waals surface area contributed by atoms with E-state index in [1.807, 2.05) is 39.0 Å². The van der Waals surface area contributed by atoms with Gasteiger partial charge in [0, 0.05) is 24.4 Å². The van der Waals surface area contributed by atoms with Crippen molar-refractivity contribution in [1.29, 1.82) is 0 Å². The molecule has 26 heavy (non-hydrogen) atoms. The molecule has 0 atom stereocenters. The van der Waals surface area contributed by atoms with Crippen LogP contribution in [0.1, 0.15) is 23.9 Å². The summed E-state index contributed by atoms with van der Waals surface area (Å²) in [7, 11) is 0. The number of hydrogen-bond donors (Lipinski definition) is 1. The molecule has 0 fully saturated rings. The van der Waals surface area contributed by atoms with Crippen LogP contribution in [0.2, 0.25) is 0 Å². The molecule has 1 amide bonds. The van der Waals surface area contributed by atoms with Gasteiger partial charge in [0.25, 0.3) is 11.4 Å². The highest BCUT2D eigenvalue weighted by molar-refractivity contribution is 5.90. The summed E-state index contributed by atoms with van der Waals surface area (Å²) in [6, 6.07) is 8.67. The molecule has 3 rings (SSSR count). The lowest BCUT2D eigenvalue weighted by molar-refractivity contribution is -0.116. The number of benzene rings is 1. The summed E-state index contributed by atoms with van der Waals surface area (Å²) >= 11 is 0. The second-order valence-electron chi connectivity index (χ2n) is 6.10. The minimum absolute atomic E-state index is 0.103. The first-order chi connectivity index (χ1) is 12.5. The molecule has 1 aromatic carbocycles. The molecule has 0 bridgehead atoms. The summed E-state index contributed by atoms with van der Waals surface area (Å²) in [5.74, 6) is 0.627. The maximum absolute atomic E-state index is 12.3. The number of carbonyl (C=O) groups is 1. The highest BCUT2D eigenvalue weighted by atomic mass is 16.5. The van der Waals surface area contributed by atoms with Gasteiger partial charge in [0.1, 0.15) is 6.54 Å². The van der Waals surface area contributed by atoms with Gasteiger partial charge < -0.3 is 14.4 Å². The van der Waals surface area contributed by atoms with Gasteiger partial charge in [-0.2, -0.15) is 4.98 Å². The molecule has 3 aromatic rings. The zero-order valence-corrected chi connectivity index (χ0v) is 14.9. The van der Waals surface area contributed by atoms with E-state index >= 15 is 0 Å². The number of aromatic nitrogens is 3. The van der Waals surface area contributed by atoms with Crippen molar-refractivity contribution in [2.75, 3.05) is 5.32 Å². The smallest absolute Gasteiger partial charge is 0.259 e. The molecule has 7 nitrogen and oxygen atoms in total. The highest BCUT2D eigenvalue weighted by Gasteiger charge is 2.11. The predicted molar refractivity (Wildman–Crippen MR) is 97.9 cm³/mol. The van der Waals surface area contributed by atoms with Gasteiger partial charge in [-0.1, -0.05) is 18.1 Å². The van der Waals surface area contributed by atoms with E-state index in [1.165, 1.54) is 10.6 Å². The van der Waals surface area contributed by atoms with Crippen LogP contribution >= 0.6 is 0 Å². The molecular formula is C19H20N4O3. The van der Waals surface area contributed by atoms with Crippen LogP contribution in [0.5, 0.6) is 0 Å². The topological polar surface area (TPSA) is 90.0 Å². The zero-order valence-electron chi connectivity index (χ0n) is 14.9. The van der Waals surface area contributed by atoms with Crippen LogP contribution in [0.3, 0.4) is 0 Å². The van der Waals surface area contributed by atoms with E-state index in [0.717, 1.165) is 11.1 Å². The first-order valence-electron chi connectivity index (χ1n) is 8.37. The number of hydrogen-bond acceptors (Lipinski definition) is 5. The van der Waals surface area contributed by atoms with Crippen molar-refractivity contribution in [3.8, 4) is 11.5 Å². The highest BCUT2D eigenvalue weighted by Crippen LogP contribution is 2.16. The van der Waals surface area contributed by atoms with Crippen molar-refractivity contribution in [3.63, 3.8) is 0 Å². The summed E-state index contributed by atoms with van der Waals surface area (Å²) in [6.07, 6.45) is 2.21. The van der Waals surface area contributed by atoms with Gasteiger partial charge in [-0.15, -0.1) is 0 Å². The van der Waals surface area contributed by atoms with E-state index in [4.69, 9.17) is 4.52 Å². The number of rotatable bonds is 5. The van der Waals surface area contributed by atoms with Crippen molar-refractivity contribution in [1.82, 2.24) is 14.7 Å². The molecule has 0 radical (unpaired) electrons. The van der Waals surface area contributed by atoms with E-state index in [1.54, 1.807) is 12.3 Å². The molecule has 0 aliphatic carbocycles. The van der Waals surface area contributed by atoms with Crippen LogP contribution in [0.4, 0.5) is 5.69 Å². The first kappa shape index (κ1) is 17.6. The van der Waals surface area contributed by atoms with Crippen LogP contribution in [0, 0.1) is 13.8 Å². The molecular weight excluding hydrogens is 332 g/mol. The first-order valence-corrected chi connectivity index (χ1v) is 8.37. The Morgan fingerprint density at radius 2 is 2.00 bits per heavy atom. The summed E-state index contributed by atoms with van der Waals surface area (Å²) in [5.41, 5.74) is 3.25. The molecule has 2 aromatic heterocycles. The number of nitrogens with one attached hydrogen (secondary N) is 1. The Balaban J connectivity index is 1.78. The maximum Gasteiger partial charge on any atom is 0.259 e. The number of anilines is 1. The molecule has 134 valence electrons. The van der Waals surface area contributed by atoms with Crippen molar-refractivity contribution in [3.05, 3.63) is 63.8 Å². The van der Waals surface area contributed by atoms with Gasteiger partial charge in [0.15, 0.2) is 5.82 Å². The third kappa shape index (κ3) is 3.88. The fourth-order valence-electron chi connectivity index (χ4n) is 2.47. The lowest BCUT2D eigenvalue weighted by Crippen LogP contribution is -2.26. The summed E-state index contributed by atoms with van der Waals surface area (Å²) in [4.78, 5) is 28.6. The van der Waals surface area contributed by atoms with Crippen LogP contribution < -0.4 is 10.9 Å². The molecule has 0 unspecified atom stereocenters. The van der Waals surface area contributed by atoms with E-state index in [-0.39, 0.29) is 18.0 Å². The normalized spacial score (nSPS) is 10.7. The number of amides is 1. The molecule has 2 heterocycles. The van der Waals surface area contributed by atoms with Crippen molar-refractivity contribution >= 4 is 11.6 Å². The standard InChI is InChI=1S/C19H20N4O3/c1-4-16-21-19(26-22-16)14-6-8-18(25)23(10-14)11-17(24)20-15-7-5-12(2)13(3)9-15/h5-10H,4,11H2,1-3H3,(H,20,24). The third-order valence-corrected chi connectivity index (χ3v) is 4.12. The fraction of sp³-hybridized carbons (Fsp3) is 0.263. The van der Waals surface area contributed by atoms with E-state index < -0.39 is 0 Å². The Morgan fingerprint density at radius 3 is 2.69 bits per heavy atom. The van der Waals surface area contributed by atoms with Gasteiger partial charge in [-0.3, -0.25) is 9.59 Å². The van der Waals surface area contributed by atoms with Crippen molar-refractivity contribution < 1.29 is 9.32 Å². The monoisotopic (exact) mass is 352 g/mol. The molecule has 0 aliphatic heterocycles. The largest absolute Gasteiger partial charge is 0.334 e. The zero-order chi connectivity index (χ0) is 18.7. The second kappa shape index (κ2) is 7.35. The van der Waals surface area contributed by atoms with E-state index in [2.05, 4.69) is 15.5 Å². The predicted octanol–water partition coefficient (Wildman–Crippen LogP) is 2.72. The summed E-state index contributed by atoms with van der Waals surface area (Å²) < 4.78 is 6.51. The van der Waals surface area contributed by atoms with Crippen LogP contribution in [-0.4, -0.2) is 20.6 Å². The van der Waals surface area contributed by atoms with E-state index in [9.17, 15) is 9.59 Å². The number of pyridine rings is 1. The fourth-order valence-corrected chi connectivity index (χ4v) is 2.47. The SMILES string of the molecule is CCc1noc(-c2ccc(=O)n(CC(=O)Nc3ccc(C)c(C)c3)c2)n1. The Bertz CT molecular complexity index is 1000. The third-order valence-electron chi connectivity index (χ3n) is 4.12. The van der Waals surface area contributed by atoms with Gasteiger partial charge in [0.05, 0.1) is 5.56 Å². The van der Waals surface area contributed by atoms with Crippen molar-refractivity contribution in [2.45, 2.75) is 33.7 Å². The van der Waals surface area contributed by atoms with Gasteiger partial charge in [-0.25, -0.2) is 0 Å². The summed E-state index contributed by atoms with van der Waals surface area (Å²) in [6.45, 7) is 5.81.